The van der Waals surface area contributed by atoms with Crippen LogP contribution in [0.5, 0.6) is 0 Å². The van der Waals surface area contributed by atoms with E-state index in [4.69, 9.17) is 18.9 Å². The Balaban J connectivity index is 2.32. The normalized spacial score (nSPS) is 18.8. The van der Waals surface area contributed by atoms with Gasteiger partial charge in [0.1, 0.15) is 0 Å². The first-order chi connectivity index (χ1) is 11.7. The number of methoxy groups -OCH3 is 3. The molecule has 2 atom stereocenters. The molecule has 1 aliphatic rings. The van der Waals surface area contributed by atoms with E-state index in [9.17, 15) is 0 Å². The summed E-state index contributed by atoms with van der Waals surface area (Å²) in [5.41, 5.74) is 0. The Labute approximate surface area is 149 Å². The highest BCUT2D eigenvalue weighted by Gasteiger charge is 2.39. The number of unbranched alkanes of at least 4 members (excludes halogenated alkanes) is 7. The summed E-state index contributed by atoms with van der Waals surface area (Å²) in [4.78, 5) is 0. The van der Waals surface area contributed by atoms with Crippen molar-refractivity contribution in [3.63, 3.8) is 0 Å². The van der Waals surface area contributed by atoms with Gasteiger partial charge in [0.2, 0.25) is 0 Å². The maximum absolute atomic E-state index is 5.63. The second-order valence-electron chi connectivity index (χ2n) is 7.06. The van der Waals surface area contributed by atoms with Crippen LogP contribution in [0.4, 0.5) is 0 Å². The van der Waals surface area contributed by atoms with Gasteiger partial charge in [0.25, 0.3) is 5.97 Å². The minimum Gasteiger partial charge on any atom is -0.373 e. The lowest BCUT2D eigenvalue weighted by Crippen LogP contribution is -2.44. The van der Waals surface area contributed by atoms with E-state index in [0.717, 1.165) is 19.4 Å². The van der Waals surface area contributed by atoms with Crippen molar-refractivity contribution in [2.75, 3.05) is 27.9 Å². The molecular weight excluding hydrogens is 304 g/mol. The van der Waals surface area contributed by atoms with Gasteiger partial charge in [-0.05, 0) is 19.3 Å². The Morgan fingerprint density at radius 1 is 0.833 bits per heavy atom. The van der Waals surface area contributed by atoms with E-state index in [2.05, 4.69) is 6.92 Å². The Hall–Kier alpha value is -0.160. The van der Waals surface area contributed by atoms with Crippen molar-refractivity contribution in [1.82, 2.24) is 0 Å². The van der Waals surface area contributed by atoms with Crippen LogP contribution >= 0.6 is 0 Å². The van der Waals surface area contributed by atoms with Crippen LogP contribution in [0, 0.1) is 5.92 Å². The van der Waals surface area contributed by atoms with Gasteiger partial charge in [-0.25, -0.2) is 0 Å². The van der Waals surface area contributed by atoms with Gasteiger partial charge in [0.15, 0.2) is 0 Å². The molecule has 4 heteroatoms. The fourth-order valence-corrected chi connectivity index (χ4v) is 3.59. The summed E-state index contributed by atoms with van der Waals surface area (Å²) in [6.07, 6.45) is 15.5. The molecule has 2 unspecified atom stereocenters. The first-order valence-corrected chi connectivity index (χ1v) is 9.99. The number of hydrogen-bond acceptors (Lipinski definition) is 4. The van der Waals surface area contributed by atoms with Crippen molar-refractivity contribution in [3.8, 4) is 0 Å². The van der Waals surface area contributed by atoms with Crippen LogP contribution < -0.4 is 0 Å². The van der Waals surface area contributed by atoms with Gasteiger partial charge in [0.05, 0.1) is 12.7 Å². The van der Waals surface area contributed by atoms with Crippen LogP contribution in [0.15, 0.2) is 0 Å². The van der Waals surface area contributed by atoms with Crippen LogP contribution in [0.25, 0.3) is 0 Å². The molecule has 0 bridgehead atoms. The van der Waals surface area contributed by atoms with Crippen molar-refractivity contribution < 1.29 is 18.9 Å². The molecule has 0 aromatic carbocycles. The molecule has 0 aromatic heterocycles. The summed E-state index contributed by atoms with van der Waals surface area (Å²) in [7, 11) is 5.06. The van der Waals surface area contributed by atoms with E-state index in [1.54, 1.807) is 21.3 Å². The third-order valence-electron chi connectivity index (χ3n) is 5.24. The molecule has 0 saturated carbocycles. The molecule has 144 valence electrons. The van der Waals surface area contributed by atoms with Crippen LogP contribution in [0.3, 0.4) is 0 Å². The number of hydrogen-bond donors (Lipinski definition) is 0. The van der Waals surface area contributed by atoms with Crippen molar-refractivity contribution in [3.05, 3.63) is 0 Å². The van der Waals surface area contributed by atoms with Gasteiger partial charge in [-0.2, -0.15) is 0 Å². The molecule has 0 aromatic rings. The SMILES string of the molecule is CCCCCCCCC(CCCCCC1CO1)C(OC)(OC)OC. The summed E-state index contributed by atoms with van der Waals surface area (Å²) in [5, 5.41) is 0. The fourth-order valence-electron chi connectivity index (χ4n) is 3.59. The third kappa shape index (κ3) is 8.28. The average molecular weight is 345 g/mol. The monoisotopic (exact) mass is 344 g/mol. The molecule has 1 heterocycles. The topological polar surface area (TPSA) is 40.2 Å². The fraction of sp³-hybridized carbons (Fsp3) is 1.00. The number of epoxide rings is 1. The molecule has 0 aliphatic carbocycles. The van der Waals surface area contributed by atoms with E-state index >= 15 is 0 Å². The second-order valence-corrected chi connectivity index (χ2v) is 7.06. The Bertz CT molecular complexity index is 279. The van der Waals surface area contributed by atoms with Gasteiger partial charge >= 0.3 is 0 Å². The van der Waals surface area contributed by atoms with E-state index < -0.39 is 5.97 Å². The molecule has 24 heavy (non-hydrogen) atoms. The standard InChI is InChI=1S/C20H40O4/c1-5-6-7-8-9-11-14-18(20(21-2,22-3)23-4)15-12-10-13-16-19-17-24-19/h18-19H,5-17H2,1-4H3. The quantitative estimate of drug-likeness (QED) is 0.204. The van der Waals surface area contributed by atoms with Gasteiger partial charge < -0.3 is 18.9 Å². The van der Waals surface area contributed by atoms with Gasteiger partial charge in [-0.3, -0.25) is 0 Å². The highest BCUT2D eigenvalue weighted by molar-refractivity contribution is 4.73. The Morgan fingerprint density at radius 3 is 1.83 bits per heavy atom. The van der Waals surface area contributed by atoms with Crippen molar-refractivity contribution in [2.24, 2.45) is 5.92 Å². The predicted octanol–water partition coefficient (Wildman–Crippen LogP) is 5.30. The lowest BCUT2D eigenvalue weighted by molar-refractivity contribution is -0.380. The van der Waals surface area contributed by atoms with Crippen molar-refractivity contribution in [1.29, 1.82) is 0 Å². The zero-order chi connectivity index (χ0) is 17.7. The van der Waals surface area contributed by atoms with Crippen molar-refractivity contribution >= 4 is 0 Å². The summed E-state index contributed by atoms with van der Waals surface area (Å²) in [6, 6.07) is 0. The van der Waals surface area contributed by atoms with Gasteiger partial charge in [0, 0.05) is 27.2 Å². The van der Waals surface area contributed by atoms with E-state index in [1.165, 1.54) is 64.2 Å². The zero-order valence-corrected chi connectivity index (χ0v) is 16.5. The molecule has 0 N–H and O–H groups in total. The molecule has 4 nitrogen and oxygen atoms in total. The largest absolute Gasteiger partial charge is 0.373 e. The highest BCUT2D eigenvalue weighted by atomic mass is 16.9. The van der Waals surface area contributed by atoms with Crippen LogP contribution in [-0.2, 0) is 18.9 Å². The number of ether oxygens (including phenoxy) is 4. The van der Waals surface area contributed by atoms with E-state index in [-0.39, 0.29) is 0 Å². The van der Waals surface area contributed by atoms with Crippen LogP contribution in [0.1, 0.15) is 84.0 Å². The summed E-state index contributed by atoms with van der Waals surface area (Å²) >= 11 is 0. The van der Waals surface area contributed by atoms with Crippen LogP contribution in [0.2, 0.25) is 0 Å². The maximum atomic E-state index is 5.63. The smallest absolute Gasteiger partial charge is 0.285 e. The molecule has 1 fully saturated rings. The van der Waals surface area contributed by atoms with Crippen molar-refractivity contribution in [2.45, 2.75) is 96.1 Å². The Kier molecular flexibility index (Phi) is 11.9. The molecule has 0 amide bonds. The van der Waals surface area contributed by atoms with Crippen LogP contribution in [-0.4, -0.2) is 40.0 Å². The second kappa shape index (κ2) is 13.1. The summed E-state index contributed by atoms with van der Waals surface area (Å²) < 4.78 is 22.2. The minimum absolute atomic E-state index is 0.292. The summed E-state index contributed by atoms with van der Waals surface area (Å²) in [5.74, 6) is -0.593. The first-order valence-electron chi connectivity index (χ1n) is 9.99. The number of rotatable bonds is 17. The lowest BCUT2D eigenvalue weighted by atomic mass is 9.91. The van der Waals surface area contributed by atoms with Gasteiger partial charge in [-0.1, -0.05) is 64.7 Å². The third-order valence-corrected chi connectivity index (χ3v) is 5.24. The Morgan fingerprint density at radius 2 is 1.33 bits per heavy atom. The molecule has 0 radical (unpaired) electrons. The zero-order valence-electron chi connectivity index (χ0n) is 16.5. The maximum Gasteiger partial charge on any atom is 0.285 e. The van der Waals surface area contributed by atoms with E-state index in [0.29, 0.717) is 12.0 Å². The molecule has 1 rings (SSSR count). The highest BCUT2D eigenvalue weighted by Crippen LogP contribution is 2.33. The molecule has 1 saturated heterocycles. The average Bonchev–Trinajstić information content (AvgIpc) is 3.43. The minimum atomic E-state index is -0.886. The van der Waals surface area contributed by atoms with Gasteiger partial charge in [-0.15, -0.1) is 0 Å². The summed E-state index contributed by atoms with van der Waals surface area (Å²) in [6.45, 7) is 3.23. The molecule has 0 spiro atoms. The molecular formula is C20H40O4. The first kappa shape index (κ1) is 21.9. The lowest BCUT2D eigenvalue weighted by Gasteiger charge is -2.36. The molecule has 1 aliphatic heterocycles. The predicted molar refractivity (Wildman–Crippen MR) is 98.1 cm³/mol. The van der Waals surface area contributed by atoms with E-state index in [1.807, 2.05) is 0 Å².